The number of nitrogens with one attached hydrogen (secondary N) is 1. The number of rotatable bonds is 6. The Morgan fingerprint density at radius 3 is 2.59 bits per heavy atom. The number of carboxylic acid groups (broad SMARTS) is 1. The molecule has 0 aliphatic rings. The van der Waals surface area contributed by atoms with Gasteiger partial charge in [0.15, 0.2) is 0 Å². The molecule has 17 heavy (non-hydrogen) atoms. The third-order valence-corrected chi connectivity index (χ3v) is 3.46. The third kappa shape index (κ3) is 3.81. The summed E-state index contributed by atoms with van der Waals surface area (Å²) in [6, 6.07) is 0. The highest BCUT2D eigenvalue weighted by molar-refractivity contribution is 7.11. The highest BCUT2D eigenvalue weighted by Gasteiger charge is 2.15. The van der Waals surface area contributed by atoms with E-state index in [-0.39, 0.29) is 16.6 Å². The van der Waals surface area contributed by atoms with Crippen LogP contribution in [0.25, 0.3) is 0 Å². The van der Waals surface area contributed by atoms with Crippen LogP contribution in [0.1, 0.15) is 47.0 Å². The highest BCUT2D eigenvalue weighted by atomic mass is 32.1. The van der Waals surface area contributed by atoms with Crippen LogP contribution in [0.15, 0.2) is 5.38 Å². The fourth-order valence-corrected chi connectivity index (χ4v) is 2.02. The predicted molar refractivity (Wildman–Crippen MR) is 65.5 cm³/mol. The van der Waals surface area contributed by atoms with Gasteiger partial charge in [0.25, 0.3) is 5.91 Å². The maximum absolute atomic E-state index is 11.7. The molecule has 2 N–H and O–H groups in total. The first-order valence-corrected chi connectivity index (χ1v) is 6.43. The summed E-state index contributed by atoms with van der Waals surface area (Å²) >= 11 is 0.960. The van der Waals surface area contributed by atoms with Crippen molar-refractivity contribution in [1.29, 1.82) is 0 Å². The normalized spacial score (nSPS) is 10.5. The number of carboxylic acids is 1. The molecule has 0 aliphatic heterocycles. The summed E-state index contributed by atoms with van der Waals surface area (Å²) in [6.07, 6.45) is 2.02. The monoisotopic (exact) mass is 256 g/mol. The van der Waals surface area contributed by atoms with Crippen LogP contribution in [-0.4, -0.2) is 28.5 Å². The standard InChI is InChI=1S/C11H16N2O3S/c1-3-7(4-2)5-12-9(14)8-6-17-10(13-8)11(15)16/h6-7H,3-5H2,1-2H3,(H,12,14)(H,15,16). The van der Waals surface area contributed by atoms with Gasteiger partial charge in [0.05, 0.1) is 0 Å². The van der Waals surface area contributed by atoms with Crippen LogP contribution < -0.4 is 5.32 Å². The molecule has 94 valence electrons. The van der Waals surface area contributed by atoms with Crippen LogP contribution in [-0.2, 0) is 0 Å². The van der Waals surface area contributed by atoms with Crippen molar-refractivity contribution in [2.45, 2.75) is 26.7 Å². The molecular formula is C11H16N2O3S. The largest absolute Gasteiger partial charge is 0.476 e. The van der Waals surface area contributed by atoms with Crippen LogP contribution in [0.4, 0.5) is 0 Å². The number of carbonyl (C=O) groups excluding carboxylic acids is 1. The number of aromatic nitrogens is 1. The molecule has 1 amide bonds. The van der Waals surface area contributed by atoms with Gasteiger partial charge in [0, 0.05) is 11.9 Å². The maximum Gasteiger partial charge on any atom is 0.365 e. The molecule has 1 aromatic rings. The van der Waals surface area contributed by atoms with Crippen molar-refractivity contribution >= 4 is 23.2 Å². The SMILES string of the molecule is CCC(CC)CNC(=O)c1csc(C(=O)O)n1. The van der Waals surface area contributed by atoms with Crippen molar-refractivity contribution < 1.29 is 14.7 Å². The smallest absolute Gasteiger partial charge is 0.365 e. The van der Waals surface area contributed by atoms with E-state index in [0.29, 0.717) is 12.5 Å². The van der Waals surface area contributed by atoms with Gasteiger partial charge in [0.2, 0.25) is 5.01 Å². The average Bonchev–Trinajstić information content (AvgIpc) is 2.79. The fraction of sp³-hybridized carbons (Fsp3) is 0.545. The van der Waals surface area contributed by atoms with Crippen LogP contribution in [0.5, 0.6) is 0 Å². The number of aromatic carboxylic acids is 1. The van der Waals surface area contributed by atoms with Crippen LogP contribution in [0.2, 0.25) is 0 Å². The lowest BCUT2D eigenvalue weighted by Crippen LogP contribution is -2.29. The molecule has 0 saturated heterocycles. The van der Waals surface area contributed by atoms with E-state index < -0.39 is 5.97 Å². The number of hydrogen-bond donors (Lipinski definition) is 2. The summed E-state index contributed by atoms with van der Waals surface area (Å²) in [5.41, 5.74) is 0.179. The molecule has 0 fully saturated rings. The highest BCUT2D eigenvalue weighted by Crippen LogP contribution is 2.10. The Balaban J connectivity index is 2.54. The summed E-state index contributed by atoms with van der Waals surface area (Å²) in [5, 5.41) is 12.9. The molecule has 0 aromatic carbocycles. The first-order chi connectivity index (χ1) is 8.08. The van der Waals surface area contributed by atoms with E-state index in [9.17, 15) is 9.59 Å². The lowest BCUT2D eigenvalue weighted by molar-refractivity contribution is 0.0696. The quantitative estimate of drug-likeness (QED) is 0.816. The Kier molecular flexibility index (Phi) is 5.09. The molecule has 0 spiro atoms. The molecule has 1 rings (SSSR count). The topological polar surface area (TPSA) is 79.3 Å². The molecule has 0 unspecified atom stereocenters. The van der Waals surface area contributed by atoms with Gasteiger partial charge in [-0.05, 0) is 5.92 Å². The molecule has 0 radical (unpaired) electrons. The van der Waals surface area contributed by atoms with Gasteiger partial charge in [0.1, 0.15) is 5.69 Å². The Morgan fingerprint density at radius 2 is 2.12 bits per heavy atom. The zero-order valence-electron chi connectivity index (χ0n) is 9.90. The molecule has 0 aliphatic carbocycles. The Morgan fingerprint density at radius 1 is 1.47 bits per heavy atom. The van der Waals surface area contributed by atoms with Gasteiger partial charge < -0.3 is 10.4 Å². The summed E-state index contributed by atoms with van der Waals surface area (Å²) < 4.78 is 0. The van der Waals surface area contributed by atoms with E-state index in [1.54, 1.807) is 0 Å². The number of nitrogens with zero attached hydrogens (tertiary/aromatic N) is 1. The van der Waals surface area contributed by atoms with E-state index in [0.717, 1.165) is 24.2 Å². The minimum Gasteiger partial charge on any atom is -0.476 e. The number of amides is 1. The van der Waals surface area contributed by atoms with Gasteiger partial charge in [-0.3, -0.25) is 4.79 Å². The minimum atomic E-state index is -1.10. The molecule has 5 nitrogen and oxygen atoms in total. The van der Waals surface area contributed by atoms with Crippen LogP contribution in [0.3, 0.4) is 0 Å². The Labute approximate surface area is 104 Å². The first-order valence-electron chi connectivity index (χ1n) is 5.55. The summed E-state index contributed by atoms with van der Waals surface area (Å²) in [5.74, 6) is -0.953. The van der Waals surface area contributed by atoms with Gasteiger partial charge in [-0.2, -0.15) is 0 Å². The summed E-state index contributed by atoms with van der Waals surface area (Å²) in [7, 11) is 0. The lowest BCUT2D eigenvalue weighted by atomic mass is 10.0. The zero-order valence-corrected chi connectivity index (χ0v) is 10.7. The van der Waals surface area contributed by atoms with Gasteiger partial charge in [-0.25, -0.2) is 9.78 Å². The molecule has 6 heteroatoms. The Bertz CT molecular complexity index is 399. The van der Waals surface area contributed by atoms with Crippen molar-refractivity contribution in [2.75, 3.05) is 6.54 Å². The van der Waals surface area contributed by atoms with Crippen molar-refractivity contribution in [3.8, 4) is 0 Å². The summed E-state index contributed by atoms with van der Waals surface area (Å²) in [6.45, 7) is 4.75. The molecule has 0 atom stereocenters. The van der Waals surface area contributed by atoms with E-state index in [1.807, 2.05) is 0 Å². The van der Waals surface area contributed by atoms with Crippen LogP contribution in [0, 0.1) is 5.92 Å². The number of thiazole rings is 1. The first kappa shape index (κ1) is 13.6. The predicted octanol–water partition coefficient (Wildman–Crippen LogP) is 2.01. The molecule has 1 aromatic heterocycles. The fourth-order valence-electron chi connectivity index (χ4n) is 1.38. The number of hydrogen-bond acceptors (Lipinski definition) is 4. The second-order valence-electron chi connectivity index (χ2n) is 3.74. The van der Waals surface area contributed by atoms with Crippen molar-refractivity contribution in [3.63, 3.8) is 0 Å². The van der Waals surface area contributed by atoms with E-state index in [2.05, 4.69) is 24.1 Å². The van der Waals surface area contributed by atoms with Crippen molar-refractivity contribution in [1.82, 2.24) is 10.3 Å². The lowest BCUT2D eigenvalue weighted by Gasteiger charge is -2.12. The molecule has 0 saturated carbocycles. The van der Waals surface area contributed by atoms with Gasteiger partial charge in [-0.1, -0.05) is 26.7 Å². The Hall–Kier alpha value is -1.43. The van der Waals surface area contributed by atoms with Crippen LogP contribution >= 0.6 is 11.3 Å². The molecule has 0 bridgehead atoms. The number of carbonyl (C=O) groups is 2. The summed E-state index contributed by atoms with van der Waals surface area (Å²) in [4.78, 5) is 26.0. The van der Waals surface area contributed by atoms with Gasteiger partial charge >= 0.3 is 5.97 Å². The zero-order chi connectivity index (χ0) is 12.8. The van der Waals surface area contributed by atoms with Crippen molar-refractivity contribution in [2.24, 2.45) is 5.92 Å². The van der Waals surface area contributed by atoms with E-state index in [1.165, 1.54) is 5.38 Å². The molecular weight excluding hydrogens is 240 g/mol. The average molecular weight is 256 g/mol. The third-order valence-electron chi connectivity index (χ3n) is 2.63. The van der Waals surface area contributed by atoms with E-state index in [4.69, 9.17) is 5.11 Å². The van der Waals surface area contributed by atoms with E-state index >= 15 is 0 Å². The minimum absolute atomic E-state index is 0.0577. The second-order valence-corrected chi connectivity index (χ2v) is 4.59. The maximum atomic E-state index is 11.7. The molecule has 1 heterocycles. The second kappa shape index (κ2) is 6.34. The van der Waals surface area contributed by atoms with Crippen molar-refractivity contribution in [3.05, 3.63) is 16.1 Å². The van der Waals surface area contributed by atoms with Gasteiger partial charge in [-0.15, -0.1) is 11.3 Å².